The highest BCUT2D eigenvalue weighted by Crippen LogP contribution is 2.29. The number of amides is 1. The second-order valence-corrected chi connectivity index (χ2v) is 6.84. The average molecular weight is 362 g/mol. The van der Waals surface area contributed by atoms with Crippen LogP contribution in [0.15, 0.2) is 54.7 Å². The van der Waals surface area contributed by atoms with E-state index < -0.39 is 0 Å². The monoisotopic (exact) mass is 362 g/mol. The molecule has 3 heterocycles. The summed E-state index contributed by atoms with van der Waals surface area (Å²) < 4.78 is 5.42. The van der Waals surface area contributed by atoms with Gasteiger partial charge in [0.15, 0.2) is 5.75 Å². The summed E-state index contributed by atoms with van der Waals surface area (Å²) >= 11 is 0. The highest BCUT2D eigenvalue weighted by atomic mass is 16.6. The molecule has 0 bridgehead atoms. The van der Waals surface area contributed by atoms with Gasteiger partial charge in [-0.3, -0.25) is 10.1 Å². The van der Waals surface area contributed by atoms with Crippen molar-refractivity contribution in [2.24, 2.45) is 0 Å². The van der Waals surface area contributed by atoms with Crippen molar-refractivity contribution in [3.63, 3.8) is 0 Å². The number of hydrogen-bond acceptors (Lipinski definition) is 4. The topological polar surface area (TPSA) is 71.1 Å². The van der Waals surface area contributed by atoms with Crippen LogP contribution in [0.25, 0.3) is 11.3 Å². The van der Waals surface area contributed by atoms with Gasteiger partial charge >= 0.3 is 6.09 Å². The van der Waals surface area contributed by atoms with Gasteiger partial charge < -0.3 is 9.64 Å². The summed E-state index contributed by atoms with van der Waals surface area (Å²) in [4.78, 5) is 18.2. The molecule has 1 saturated heterocycles. The van der Waals surface area contributed by atoms with Crippen molar-refractivity contribution in [1.29, 1.82) is 0 Å². The predicted molar refractivity (Wildman–Crippen MR) is 103 cm³/mol. The highest BCUT2D eigenvalue weighted by molar-refractivity contribution is 5.70. The van der Waals surface area contributed by atoms with Gasteiger partial charge in [0.1, 0.15) is 0 Å². The zero-order chi connectivity index (χ0) is 18.6. The van der Waals surface area contributed by atoms with Gasteiger partial charge in [0.2, 0.25) is 0 Å². The van der Waals surface area contributed by atoms with E-state index in [2.05, 4.69) is 33.4 Å². The number of carbonyl (C=O) groups excluding carboxylic acids is 1. The number of aromatic nitrogens is 3. The molecule has 27 heavy (non-hydrogen) atoms. The molecular weight excluding hydrogens is 340 g/mol. The molecule has 6 heteroatoms. The fourth-order valence-corrected chi connectivity index (χ4v) is 3.36. The van der Waals surface area contributed by atoms with E-state index in [0.717, 1.165) is 35.5 Å². The molecule has 0 atom stereocenters. The number of H-pyrrole nitrogens is 1. The first-order valence-corrected chi connectivity index (χ1v) is 9.19. The van der Waals surface area contributed by atoms with Crippen LogP contribution in [0, 0.1) is 6.92 Å². The Hall–Kier alpha value is -3.15. The Morgan fingerprint density at radius 3 is 2.63 bits per heavy atom. The number of aryl methyl sites for hydroxylation is 1. The number of rotatable bonds is 3. The van der Waals surface area contributed by atoms with Crippen molar-refractivity contribution in [2.45, 2.75) is 25.7 Å². The summed E-state index contributed by atoms with van der Waals surface area (Å²) in [6.45, 7) is 3.24. The second-order valence-electron chi connectivity index (χ2n) is 6.84. The number of pyridine rings is 1. The Bertz CT molecular complexity index is 897. The SMILES string of the molecule is Cc1ccc(OC(=O)N2CCC(c3cc(-c4ccccc4)n[nH]3)CC2)cn1. The van der Waals surface area contributed by atoms with Crippen molar-refractivity contribution in [2.75, 3.05) is 13.1 Å². The maximum Gasteiger partial charge on any atom is 0.415 e. The zero-order valence-electron chi connectivity index (χ0n) is 15.3. The number of likely N-dealkylation sites (tertiary alicyclic amines) is 1. The molecule has 3 aromatic rings. The number of nitrogens with one attached hydrogen (secondary N) is 1. The Kier molecular flexibility index (Phi) is 4.87. The van der Waals surface area contributed by atoms with Crippen LogP contribution >= 0.6 is 0 Å². The fraction of sp³-hybridized carbons (Fsp3) is 0.286. The number of nitrogens with zero attached hydrogens (tertiary/aromatic N) is 3. The number of ether oxygens (including phenoxy) is 1. The third-order valence-electron chi connectivity index (χ3n) is 4.95. The molecule has 138 valence electrons. The molecule has 0 saturated carbocycles. The second kappa shape index (κ2) is 7.61. The minimum atomic E-state index is -0.311. The molecule has 0 aliphatic carbocycles. The first-order valence-electron chi connectivity index (χ1n) is 9.19. The van der Waals surface area contributed by atoms with Gasteiger partial charge in [-0.2, -0.15) is 5.10 Å². The summed E-state index contributed by atoms with van der Waals surface area (Å²) in [5, 5.41) is 7.61. The van der Waals surface area contributed by atoms with Gasteiger partial charge in [-0.1, -0.05) is 30.3 Å². The van der Waals surface area contributed by atoms with Gasteiger partial charge in [-0.05, 0) is 38.0 Å². The maximum atomic E-state index is 12.3. The van der Waals surface area contributed by atoms with Crippen molar-refractivity contribution >= 4 is 6.09 Å². The fourth-order valence-electron chi connectivity index (χ4n) is 3.36. The van der Waals surface area contributed by atoms with Crippen LogP contribution < -0.4 is 4.74 Å². The van der Waals surface area contributed by atoms with Gasteiger partial charge in [-0.15, -0.1) is 0 Å². The lowest BCUT2D eigenvalue weighted by molar-refractivity contribution is 0.138. The normalized spacial score (nSPS) is 14.9. The largest absolute Gasteiger partial charge is 0.415 e. The first-order chi connectivity index (χ1) is 13.2. The molecule has 1 aliphatic heterocycles. The van der Waals surface area contributed by atoms with Crippen LogP contribution in [-0.2, 0) is 0 Å². The third-order valence-corrected chi connectivity index (χ3v) is 4.95. The Morgan fingerprint density at radius 1 is 1.15 bits per heavy atom. The highest BCUT2D eigenvalue weighted by Gasteiger charge is 2.26. The molecule has 1 fully saturated rings. The lowest BCUT2D eigenvalue weighted by Crippen LogP contribution is -2.39. The molecule has 0 radical (unpaired) electrons. The van der Waals surface area contributed by atoms with Crippen molar-refractivity contribution < 1.29 is 9.53 Å². The molecular formula is C21H22N4O2. The molecule has 1 aromatic carbocycles. The molecule has 6 nitrogen and oxygen atoms in total. The van der Waals surface area contributed by atoms with Crippen molar-refractivity contribution in [3.8, 4) is 17.0 Å². The van der Waals surface area contributed by atoms with E-state index in [0.29, 0.717) is 24.8 Å². The summed E-state index contributed by atoms with van der Waals surface area (Å²) in [6, 6.07) is 15.8. The average Bonchev–Trinajstić information content (AvgIpc) is 3.21. The molecule has 0 unspecified atom stereocenters. The number of hydrogen-bond donors (Lipinski definition) is 1. The van der Waals surface area contributed by atoms with Crippen LogP contribution in [0.1, 0.15) is 30.1 Å². The number of carbonyl (C=O) groups is 1. The van der Waals surface area contributed by atoms with E-state index in [1.165, 1.54) is 0 Å². The number of benzene rings is 1. The van der Waals surface area contributed by atoms with Crippen LogP contribution in [0.5, 0.6) is 5.75 Å². The van der Waals surface area contributed by atoms with Gasteiger partial charge in [0, 0.05) is 36.0 Å². The van der Waals surface area contributed by atoms with E-state index in [1.807, 2.05) is 31.2 Å². The lowest BCUT2D eigenvalue weighted by Gasteiger charge is -2.30. The Labute approximate surface area is 158 Å². The van der Waals surface area contributed by atoms with E-state index in [4.69, 9.17) is 4.74 Å². The van der Waals surface area contributed by atoms with Crippen LogP contribution in [0.3, 0.4) is 0 Å². The summed E-state index contributed by atoms with van der Waals surface area (Å²) in [6.07, 6.45) is 3.04. The molecule has 4 rings (SSSR count). The smallest absolute Gasteiger partial charge is 0.409 e. The lowest BCUT2D eigenvalue weighted by atomic mass is 9.93. The van der Waals surface area contributed by atoms with Gasteiger partial charge in [0.05, 0.1) is 11.9 Å². The number of piperidine rings is 1. The van der Waals surface area contributed by atoms with Crippen LogP contribution in [0.2, 0.25) is 0 Å². The van der Waals surface area contributed by atoms with Crippen molar-refractivity contribution in [1.82, 2.24) is 20.1 Å². The third kappa shape index (κ3) is 4.00. The van der Waals surface area contributed by atoms with Crippen LogP contribution in [0.4, 0.5) is 4.79 Å². The molecule has 0 spiro atoms. The summed E-state index contributed by atoms with van der Waals surface area (Å²) in [5.41, 5.74) is 4.08. The summed E-state index contributed by atoms with van der Waals surface area (Å²) in [5.74, 6) is 0.855. The standard InChI is InChI=1S/C21H22N4O2/c1-15-7-8-18(14-22-15)27-21(26)25-11-9-17(10-12-25)20-13-19(23-24-20)16-5-3-2-4-6-16/h2-8,13-14,17H,9-12H2,1H3,(H,23,24). The van der Waals surface area contributed by atoms with E-state index >= 15 is 0 Å². The molecule has 1 N–H and O–H groups in total. The minimum Gasteiger partial charge on any atom is -0.409 e. The quantitative estimate of drug-likeness (QED) is 0.759. The Morgan fingerprint density at radius 2 is 1.93 bits per heavy atom. The molecule has 1 amide bonds. The molecule has 1 aliphatic rings. The maximum absolute atomic E-state index is 12.3. The summed E-state index contributed by atoms with van der Waals surface area (Å²) in [7, 11) is 0. The van der Waals surface area contributed by atoms with E-state index in [9.17, 15) is 4.79 Å². The first kappa shape index (κ1) is 17.3. The van der Waals surface area contributed by atoms with E-state index in [-0.39, 0.29) is 6.09 Å². The van der Waals surface area contributed by atoms with Gasteiger partial charge in [0.25, 0.3) is 0 Å². The van der Waals surface area contributed by atoms with Gasteiger partial charge in [-0.25, -0.2) is 4.79 Å². The number of aromatic amines is 1. The van der Waals surface area contributed by atoms with Crippen molar-refractivity contribution in [3.05, 3.63) is 66.1 Å². The minimum absolute atomic E-state index is 0.311. The predicted octanol–water partition coefficient (Wildman–Crippen LogP) is 4.16. The Balaban J connectivity index is 1.34. The molecule has 2 aromatic heterocycles. The zero-order valence-corrected chi connectivity index (χ0v) is 15.3. The van der Waals surface area contributed by atoms with E-state index in [1.54, 1.807) is 17.2 Å². The van der Waals surface area contributed by atoms with Crippen LogP contribution in [-0.4, -0.2) is 39.3 Å².